The number of nitrogens with one attached hydrogen (secondary N) is 1. The summed E-state index contributed by atoms with van der Waals surface area (Å²) in [6, 6.07) is 9.99. The normalized spacial score (nSPS) is 10.3. The summed E-state index contributed by atoms with van der Waals surface area (Å²) in [5.74, 6) is 0. The van der Waals surface area contributed by atoms with Gasteiger partial charge in [0.2, 0.25) is 0 Å². The SMILES string of the molecule is c1ccc(-n2ccnc2)c(NCc2ccncn2)c1. The third-order valence-corrected chi connectivity index (χ3v) is 2.79. The first-order chi connectivity index (χ1) is 9.43. The van der Waals surface area contributed by atoms with E-state index in [0.717, 1.165) is 17.1 Å². The summed E-state index contributed by atoms with van der Waals surface area (Å²) in [6.45, 7) is 0.661. The molecule has 2 aromatic heterocycles. The van der Waals surface area contributed by atoms with Gasteiger partial charge in [0.25, 0.3) is 0 Å². The van der Waals surface area contributed by atoms with Gasteiger partial charge in [0, 0.05) is 18.6 Å². The molecule has 1 N–H and O–H groups in total. The summed E-state index contributed by atoms with van der Waals surface area (Å²) in [5.41, 5.74) is 3.06. The molecular formula is C14H13N5. The van der Waals surface area contributed by atoms with E-state index in [1.54, 1.807) is 25.0 Å². The van der Waals surface area contributed by atoms with Gasteiger partial charge in [-0.25, -0.2) is 15.0 Å². The fourth-order valence-corrected chi connectivity index (χ4v) is 1.86. The minimum absolute atomic E-state index is 0.661. The van der Waals surface area contributed by atoms with E-state index in [4.69, 9.17) is 0 Å². The number of hydrogen-bond donors (Lipinski definition) is 1. The first kappa shape index (κ1) is 11.4. The Bertz CT molecular complexity index is 634. The van der Waals surface area contributed by atoms with Crippen LogP contribution in [-0.2, 0) is 6.54 Å². The van der Waals surface area contributed by atoms with Gasteiger partial charge >= 0.3 is 0 Å². The molecule has 0 spiro atoms. The van der Waals surface area contributed by atoms with Gasteiger partial charge in [-0.3, -0.25) is 0 Å². The highest BCUT2D eigenvalue weighted by molar-refractivity contribution is 5.60. The van der Waals surface area contributed by atoms with Crippen LogP contribution in [0.2, 0.25) is 0 Å². The van der Waals surface area contributed by atoms with E-state index in [1.165, 1.54) is 0 Å². The van der Waals surface area contributed by atoms with Crippen molar-refractivity contribution in [2.45, 2.75) is 6.54 Å². The van der Waals surface area contributed by atoms with Crippen LogP contribution >= 0.6 is 0 Å². The topological polar surface area (TPSA) is 55.6 Å². The highest BCUT2D eigenvalue weighted by Crippen LogP contribution is 2.19. The van der Waals surface area contributed by atoms with Crippen LogP contribution in [0.25, 0.3) is 5.69 Å². The number of nitrogens with zero attached hydrogens (tertiary/aromatic N) is 4. The number of aromatic nitrogens is 4. The zero-order valence-electron chi connectivity index (χ0n) is 10.3. The molecule has 0 fully saturated rings. The maximum Gasteiger partial charge on any atom is 0.115 e. The highest BCUT2D eigenvalue weighted by Gasteiger charge is 2.03. The second-order valence-electron chi connectivity index (χ2n) is 4.04. The molecule has 0 saturated carbocycles. The summed E-state index contributed by atoms with van der Waals surface area (Å²) in [4.78, 5) is 12.2. The minimum atomic E-state index is 0.661. The van der Waals surface area contributed by atoms with Gasteiger partial charge in [0.05, 0.1) is 29.9 Å². The summed E-state index contributed by atoms with van der Waals surface area (Å²) >= 11 is 0. The van der Waals surface area contributed by atoms with Crippen LogP contribution in [0.3, 0.4) is 0 Å². The van der Waals surface area contributed by atoms with Gasteiger partial charge in [-0.1, -0.05) is 12.1 Å². The molecule has 2 heterocycles. The number of benzene rings is 1. The summed E-state index contributed by atoms with van der Waals surface area (Å²) in [6.07, 6.45) is 8.77. The van der Waals surface area contributed by atoms with E-state index in [1.807, 2.05) is 41.1 Å². The van der Waals surface area contributed by atoms with Crippen molar-refractivity contribution < 1.29 is 0 Å². The van der Waals surface area contributed by atoms with E-state index in [-0.39, 0.29) is 0 Å². The minimum Gasteiger partial charge on any atom is -0.378 e. The third-order valence-electron chi connectivity index (χ3n) is 2.79. The molecule has 3 rings (SSSR count). The fourth-order valence-electron chi connectivity index (χ4n) is 1.86. The van der Waals surface area contributed by atoms with Gasteiger partial charge in [-0.05, 0) is 18.2 Å². The van der Waals surface area contributed by atoms with Gasteiger partial charge in [0.15, 0.2) is 0 Å². The summed E-state index contributed by atoms with van der Waals surface area (Å²) < 4.78 is 1.97. The molecular weight excluding hydrogens is 238 g/mol. The van der Waals surface area contributed by atoms with Crippen molar-refractivity contribution in [3.8, 4) is 5.69 Å². The molecule has 0 bridgehead atoms. The third kappa shape index (κ3) is 2.60. The van der Waals surface area contributed by atoms with Crippen molar-refractivity contribution in [2.75, 3.05) is 5.32 Å². The predicted molar refractivity (Wildman–Crippen MR) is 72.9 cm³/mol. The van der Waals surface area contributed by atoms with E-state index in [9.17, 15) is 0 Å². The number of imidazole rings is 1. The maximum atomic E-state index is 4.19. The average molecular weight is 251 g/mol. The number of anilines is 1. The summed E-state index contributed by atoms with van der Waals surface area (Å²) in [5, 5.41) is 3.38. The Morgan fingerprint density at radius 1 is 1.05 bits per heavy atom. The number of hydrogen-bond acceptors (Lipinski definition) is 4. The average Bonchev–Trinajstić information content (AvgIpc) is 3.01. The first-order valence-electron chi connectivity index (χ1n) is 5.99. The van der Waals surface area contributed by atoms with Crippen molar-refractivity contribution in [3.05, 3.63) is 67.3 Å². The molecule has 94 valence electrons. The molecule has 0 atom stereocenters. The first-order valence-corrected chi connectivity index (χ1v) is 5.99. The second-order valence-corrected chi connectivity index (χ2v) is 4.04. The van der Waals surface area contributed by atoms with Crippen molar-refractivity contribution in [2.24, 2.45) is 0 Å². The molecule has 0 aliphatic heterocycles. The Morgan fingerprint density at radius 3 is 2.79 bits per heavy atom. The Morgan fingerprint density at radius 2 is 2.00 bits per heavy atom. The van der Waals surface area contributed by atoms with Crippen LogP contribution in [0.1, 0.15) is 5.69 Å². The molecule has 5 heteroatoms. The quantitative estimate of drug-likeness (QED) is 0.773. The van der Waals surface area contributed by atoms with Gasteiger partial charge in [0.1, 0.15) is 6.33 Å². The molecule has 0 aliphatic rings. The standard InChI is InChI=1S/C14H13N5/c1-2-4-14(19-8-7-16-11-19)13(3-1)17-9-12-5-6-15-10-18-12/h1-8,10-11,17H,9H2. The Balaban J connectivity index is 1.82. The Hall–Kier alpha value is -2.69. The van der Waals surface area contributed by atoms with Gasteiger partial charge < -0.3 is 9.88 Å². The van der Waals surface area contributed by atoms with Crippen molar-refractivity contribution in [1.29, 1.82) is 0 Å². The lowest BCUT2D eigenvalue weighted by Crippen LogP contribution is -2.04. The molecule has 0 aliphatic carbocycles. The zero-order valence-corrected chi connectivity index (χ0v) is 10.3. The highest BCUT2D eigenvalue weighted by atomic mass is 15.1. The van der Waals surface area contributed by atoms with Gasteiger partial charge in [-0.15, -0.1) is 0 Å². The molecule has 0 radical (unpaired) electrons. The van der Waals surface area contributed by atoms with Crippen molar-refractivity contribution >= 4 is 5.69 Å². The lowest BCUT2D eigenvalue weighted by Gasteiger charge is -2.11. The molecule has 1 aromatic carbocycles. The Labute approximate surface area is 111 Å². The molecule has 5 nitrogen and oxygen atoms in total. The van der Waals surface area contributed by atoms with Crippen molar-refractivity contribution in [1.82, 2.24) is 19.5 Å². The molecule has 0 amide bonds. The maximum absolute atomic E-state index is 4.19. The van der Waals surface area contributed by atoms with Crippen LogP contribution in [0, 0.1) is 0 Å². The fraction of sp³-hybridized carbons (Fsp3) is 0.0714. The number of para-hydroxylation sites is 2. The second kappa shape index (κ2) is 5.30. The number of rotatable bonds is 4. The monoisotopic (exact) mass is 251 g/mol. The van der Waals surface area contributed by atoms with Crippen LogP contribution in [0.15, 0.2) is 61.6 Å². The van der Waals surface area contributed by atoms with Crippen LogP contribution < -0.4 is 5.32 Å². The molecule has 0 saturated heterocycles. The van der Waals surface area contributed by atoms with Crippen LogP contribution in [-0.4, -0.2) is 19.5 Å². The van der Waals surface area contributed by atoms with Crippen LogP contribution in [0.5, 0.6) is 0 Å². The molecule has 0 unspecified atom stereocenters. The van der Waals surface area contributed by atoms with E-state index >= 15 is 0 Å². The van der Waals surface area contributed by atoms with Crippen molar-refractivity contribution in [3.63, 3.8) is 0 Å². The lowest BCUT2D eigenvalue weighted by molar-refractivity contribution is 0.994. The smallest absolute Gasteiger partial charge is 0.115 e. The molecule has 3 aromatic rings. The lowest BCUT2D eigenvalue weighted by atomic mass is 10.2. The van der Waals surface area contributed by atoms with E-state index in [2.05, 4.69) is 20.3 Å². The van der Waals surface area contributed by atoms with Crippen LogP contribution in [0.4, 0.5) is 5.69 Å². The summed E-state index contributed by atoms with van der Waals surface area (Å²) in [7, 11) is 0. The van der Waals surface area contributed by atoms with E-state index < -0.39 is 0 Å². The Kier molecular flexibility index (Phi) is 3.18. The van der Waals surface area contributed by atoms with E-state index in [0.29, 0.717) is 6.54 Å². The molecule has 19 heavy (non-hydrogen) atoms. The largest absolute Gasteiger partial charge is 0.378 e. The zero-order chi connectivity index (χ0) is 12.9. The van der Waals surface area contributed by atoms with Gasteiger partial charge in [-0.2, -0.15) is 0 Å². The predicted octanol–water partition coefficient (Wildman–Crippen LogP) is 2.27.